The van der Waals surface area contributed by atoms with Crippen molar-refractivity contribution in [3.63, 3.8) is 0 Å². The largest absolute Gasteiger partial charge is 0.496 e. The SMILES string of the molecule is CN=C(NCCCc1ccc(OC)c(OC)c1)NCCc1ccccc1OC. The van der Waals surface area contributed by atoms with Gasteiger partial charge in [0.2, 0.25) is 0 Å². The van der Waals surface area contributed by atoms with Gasteiger partial charge in [0.15, 0.2) is 17.5 Å². The van der Waals surface area contributed by atoms with Crippen LogP contribution in [0, 0.1) is 0 Å². The minimum Gasteiger partial charge on any atom is -0.496 e. The molecule has 0 heterocycles. The van der Waals surface area contributed by atoms with Crippen LogP contribution in [0.3, 0.4) is 0 Å². The second-order valence-corrected chi connectivity index (χ2v) is 6.28. The first-order chi connectivity index (χ1) is 13.7. The highest BCUT2D eigenvalue weighted by Crippen LogP contribution is 2.27. The number of aliphatic imine (C=N–C) groups is 1. The number of methoxy groups -OCH3 is 3. The molecule has 28 heavy (non-hydrogen) atoms. The first kappa shape index (κ1) is 21.4. The van der Waals surface area contributed by atoms with Gasteiger partial charge in [0.25, 0.3) is 0 Å². The van der Waals surface area contributed by atoms with Crippen LogP contribution in [0.5, 0.6) is 17.2 Å². The van der Waals surface area contributed by atoms with E-state index in [0.29, 0.717) is 0 Å². The van der Waals surface area contributed by atoms with E-state index >= 15 is 0 Å². The molecule has 2 N–H and O–H groups in total. The molecule has 6 nitrogen and oxygen atoms in total. The van der Waals surface area contributed by atoms with Crippen molar-refractivity contribution >= 4 is 5.96 Å². The van der Waals surface area contributed by atoms with Crippen LogP contribution in [0.1, 0.15) is 17.5 Å². The van der Waals surface area contributed by atoms with E-state index in [2.05, 4.69) is 27.8 Å². The van der Waals surface area contributed by atoms with Crippen LogP contribution in [-0.4, -0.2) is 47.4 Å². The molecule has 2 aromatic carbocycles. The number of aryl methyl sites for hydroxylation is 1. The maximum absolute atomic E-state index is 5.39. The molecule has 2 rings (SSSR count). The summed E-state index contributed by atoms with van der Waals surface area (Å²) in [5.74, 6) is 3.25. The van der Waals surface area contributed by atoms with Crippen LogP contribution >= 0.6 is 0 Å². The molecular formula is C22H31N3O3. The third-order valence-corrected chi connectivity index (χ3v) is 4.49. The zero-order chi connectivity index (χ0) is 20.2. The fourth-order valence-corrected chi connectivity index (χ4v) is 2.98. The summed E-state index contributed by atoms with van der Waals surface area (Å²) in [7, 11) is 6.79. The molecular weight excluding hydrogens is 354 g/mol. The number of hydrogen-bond acceptors (Lipinski definition) is 4. The molecule has 0 fully saturated rings. The van der Waals surface area contributed by atoms with Crippen molar-refractivity contribution in [3.05, 3.63) is 53.6 Å². The van der Waals surface area contributed by atoms with E-state index in [9.17, 15) is 0 Å². The van der Waals surface area contributed by atoms with E-state index in [1.807, 2.05) is 30.3 Å². The first-order valence-electron chi connectivity index (χ1n) is 9.49. The molecule has 0 aliphatic rings. The Bertz CT molecular complexity index is 762. The Morgan fingerprint density at radius 2 is 1.54 bits per heavy atom. The molecule has 6 heteroatoms. The van der Waals surface area contributed by atoms with Crippen LogP contribution in [0.15, 0.2) is 47.5 Å². The van der Waals surface area contributed by atoms with Crippen LogP contribution in [-0.2, 0) is 12.8 Å². The standard InChI is InChI=1S/C22H31N3O3/c1-23-22(25-15-13-18-9-5-6-10-19(18)26-2)24-14-7-8-17-11-12-20(27-3)21(16-17)28-4/h5-6,9-12,16H,7-8,13-15H2,1-4H3,(H2,23,24,25). The third kappa shape index (κ3) is 6.37. The van der Waals surface area contributed by atoms with Crippen LogP contribution in [0.4, 0.5) is 0 Å². The first-order valence-corrected chi connectivity index (χ1v) is 9.49. The Labute approximate surface area is 167 Å². The molecule has 152 valence electrons. The highest BCUT2D eigenvalue weighted by molar-refractivity contribution is 5.79. The summed E-state index contributed by atoms with van der Waals surface area (Å²) in [4.78, 5) is 4.28. The summed E-state index contributed by atoms with van der Waals surface area (Å²) in [6.45, 7) is 1.62. The molecule has 0 bridgehead atoms. The fourth-order valence-electron chi connectivity index (χ4n) is 2.98. The topological polar surface area (TPSA) is 64.1 Å². The lowest BCUT2D eigenvalue weighted by molar-refractivity contribution is 0.354. The van der Waals surface area contributed by atoms with E-state index in [1.54, 1.807) is 28.4 Å². The second-order valence-electron chi connectivity index (χ2n) is 6.28. The van der Waals surface area contributed by atoms with Crippen molar-refractivity contribution in [1.29, 1.82) is 0 Å². The molecule has 0 unspecified atom stereocenters. The van der Waals surface area contributed by atoms with Crippen LogP contribution < -0.4 is 24.8 Å². The molecule has 0 saturated heterocycles. The van der Waals surface area contributed by atoms with Gasteiger partial charge in [-0.15, -0.1) is 0 Å². The molecule has 0 aliphatic heterocycles. The Morgan fingerprint density at radius 3 is 2.25 bits per heavy atom. The number of nitrogens with zero attached hydrogens (tertiary/aromatic N) is 1. The van der Waals surface area contributed by atoms with Gasteiger partial charge in [0, 0.05) is 20.1 Å². The van der Waals surface area contributed by atoms with Crippen molar-refractivity contribution < 1.29 is 14.2 Å². The van der Waals surface area contributed by atoms with Gasteiger partial charge in [-0.1, -0.05) is 24.3 Å². The lowest BCUT2D eigenvalue weighted by Crippen LogP contribution is -2.38. The van der Waals surface area contributed by atoms with Crippen molar-refractivity contribution in [3.8, 4) is 17.2 Å². The highest BCUT2D eigenvalue weighted by atomic mass is 16.5. The van der Waals surface area contributed by atoms with Crippen molar-refractivity contribution in [2.45, 2.75) is 19.3 Å². The number of para-hydroxylation sites is 1. The van der Waals surface area contributed by atoms with E-state index in [1.165, 1.54) is 11.1 Å². The van der Waals surface area contributed by atoms with Crippen molar-refractivity contribution in [2.24, 2.45) is 4.99 Å². The normalized spacial score (nSPS) is 11.1. The molecule has 0 radical (unpaired) electrons. The smallest absolute Gasteiger partial charge is 0.190 e. The van der Waals surface area contributed by atoms with E-state index in [4.69, 9.17) is 14.2 Å². The highest BCUT2D eigenvalue weighted by Gasteiger charge is 2.05. The second kappa shape index (κ2) is 11.7. The Hall–Kier alpha value is -2.89. The minimum absolute atomic E-state index is 0.754. The molecule has 0 atom stereocenters. The minimum atomic E-state index is 0.754. The van der Waals surface area contributed by atoms with E-state index in [0.717, 1.165) is 55.6 Å². The molecule has 0 spiro atoms. The zero-order valence-electron chi connectivity index (χ0n) is 17.2. The van der Waals surface area contributed by atoms with E-state index < -0.39 is 0 Å². The molecule has 0 saturated carbocycles. The predicted octanol–water partition coefficient (Wildman–Crippen LogP) is 3.05. The van der Waals surface area contributed by atoms with Crippen LogP contribution in [0.2, 0.25) is 0 Å². The lowest BCUT2D eigenvalue weighted by Gasteiger charge is -2.13. The Balaban J connectivity index is 1.72. The number of rotatable bonds is 10. The van der Waals surface area contributed by atoms with Gasteiger partial charge < -0.3 is 24.8 Å². The van der Waals surface area contributed by atoms with Crippen LogP contribution in [0.25, 0.3) is 0 Å². The number of guanidine groups is 1. The average Bonchev–Trinajstić information content (AvgIpc) is 2.75. The maximum Gasteiger partial charge on any atom is 0.190 e. The number of ether oxygens (including phenoxy) is 3. The molecule has 0 amide bonds. The predicted molar refractivity (Wildman–Crippen MR) is 114 cm³/mol. The van der Waals surface area contributed by atoms with Gasteiger partial charge in [-0.3, -0.25) is 4.99 Å². The Morgan fingerprint density at radius 1 is 0.821 bits per heavy atom. The maximum atomic E-state index is 5.39. The molecule has 0 aromatic heterocycles. The number of hydrogen-bond donors (Lipinski definition) is 2. The summed E-state index contributed by atoms with van der Waals surface area (Å²) >= 11 is 0. The summed E-state index contributed by atoms with van der Waals surface area (Å²) in [6, 6.07) is 14.1. The monoisotopic (exact) mass is 385 g/mol. The molecule has 0 aliphatic carbocycles. The summed E-state index contributed by atoms with van der Waals surface area (Å²) in [5, 5.41) is 6.71. The van der Waals surface area contributed by atoms with Crippen molar-refractivity contribution in [2.75, 3.05) is 41.5 Å². The Kier molecular flexibility index (Phi) is 8.98. The summed E-state index contributed by atoms with van der Waals surface area (Å²) < 4.78 is 16.0. The van der Waals surface area contributed by atoms with E-state index in [-0.39, 0.29) is 0 Å². The van der Waals surface area contributed by atoms with Crippen molar-refractivity contribution in [1.82, 2.24) is 10.6 Å². The zero-order valence-corrected chi connectivity index (χ0v) is 17.2. The summed E-state index contributed by atoms with van der Waals surface area (Å²) in [6.07, 6.45) is 2.81. The number of nitrogens with one attached hydrogen (secondary N) is 2. The summed E-state index contributed by atoms with van der Waals surface area (Å²) in [5.41, 5.74) is 2.40. The van der Waals surface area contributed by atoms with Gasteiger partial charge in [-0.05, 0) is 48.6 Å². The fraction of sp³-hybridized carbons (Fsp3) is 0.409. The number of benzene rings is 2. The lowest BCUT2D eigenvalue weighted by atomic mass is 10.1. The average molecular weight is 386 g/mol. The van der Waals surface area contributed by atoms with Gasteiger partial charge in [0.1, 0.15) is 5.75 Å². The van der Waals surface area contributed by atoms with Gasteiger partial charge in [-0.2, -0.15) is 0 Å². The van der Waals surface area contributed by atoms with Gasteiger partial charge in [-0.25, -0.2) is 0 Å². The quantitative estimate of drug-likeness (QED) is 0.374. The van der Waals surface area contributed by atoms with Gasteiger partial charge >= 0.3 is 0 Å². The third-order valence-electron chi connectivity index (χ3n) is 4.49. The van der Waals surface area contributed by atoms with Gasteiger partial charge in [0.05, 0.1) is 21.3 Å². The molecule has 2 aromatic rings.